The molecule has 0 bridgehead atoms. The number of hydrogen-bond donors (Lipinski definition) is 1. The first-order chi connectivity index (χ1) is 11.6. The van der Waals surface area contributed by atoms with Gasteiger partial charge in [-0.25, -0.2) is 5.43 Å². The van der Waals surface area contributed by atoms with Crippen LogP contribution >= 0.6 is 0 Å². The molecule has 1 aliphatic rings. The lowest BCUT2D eigenvalue weighted by Gasteiger charge is -2.08. The molecule has 0 aromatic heterocycles. The van der Waals surface area contributed by atoms with Crippen LogP contribution in [0, 0.1) is 0 Å². The third-order valence-electron chi connectivity index (χ3n) is 4.16. The molecule has 2 aromatic rings. The van der Waals surface area contributed by atoms with Crippen LogP contribution in [0.15, 0.2) is 53.6 Å². The van der Waals surface area contributed by atoms with Gasteiger partial charge in [0.15, 0.2) is 6.61 Å². The molecule has 3 rings (SSSR count). The summed E-state index contributed by atoms with van der Waals surface area (Å²) in [7, 11) is 0. The minimum atomic E-state index is -0.244. The smallest absolute Gasteiger partial charge is 0.277 e. The van der Waals surface area contributed by atoms with Crippen molar-refractivity contribution in [1.29, 1.82) is 0 Å². The molecule has 0 fully saturated rings. The van der Waals surface area contributed by atoms with E-state index in [0.717, 1.165) is 18.6 Å². The summed E-state index contributed by atoms with van der Waals surface area (Å²) in [5.74, 6) is 0.926. The highest BCUT2D eigenvalue weighted by Crippen LogP contribution is 2.20. The van der Waals surface area contributed by atoms with Gasteiger partial charge in [-0.15, -0.1) is 0 Å². The minimum absolute atomic E-state index is 0.0370. The summed E-state index contributed by atoms with van der Waals surface area (Å²) < 4.78 is 5.50. The number of fused-ring (bicyclic) bond motifs is 1. The summed E-state index contributed by atoms with van der Waals surface area (Å²) in [6.45, 7) is 4.25. The first-order valence-corrected chi connectivity index (χ1v) is 8.25. The molecular formula is C20H22N2O2. The Morgan fingerprint density at radius 2 is 1.71 bits per heavy atom. The number of hydrazone groups is 1. The minimum Gasteiger partial charge on any atom is -0.484 e. The average molecular weight is 322 g/mol. The quantitative estimate of drug-likeness (QED) is 0.857. The maximum absolute atomic E-state index is 11.9. The molecule has 1 N–H and O–H groups in total. The molecule has 2 aromatic carbocycles. The van der Waals surface area contributed by atoms with Crippen LogP contribution in [0.5, 0.6) is 5.75 Å². The summed E-state index contributed by atoms with van der Waals surface area (Å²) in [5.41, 5.74) is 7.38. The van der Waals surface area contributed by atoms with Crippen LogP contribution in [-0.2, 0) is 17.6 Å². The van der Waals surface area contributed by atoms with Crippen LogP contribution in [0.25, 0.3) is 0 Å². The van der Waals surface area contributed by atoms with Crippen LogP contribution in [0.1, 0.15) is 36.5 Å². The van der Waals surface area contributed by atoms with Gasteiger partial charge >= 0.3 is 0 Å². The van der Waals surface area contributed by atoms with Crippen molar-refractivity contribution >= 4 is 11.6 Å². The number of amides is 1. The van der Waals surface area contributed by atoms with E-state index in [9.17, 15) is 4.79 Å². The number of nitrogens with zero attached hydrogens (tertiary/aromatic N) is 1. The molecule has 0 saturated heterocycles. The van der Waals surface area contributed by atoms with Crippen molar-refractivity contribution in [2.24, 2.45) is 5.10 Å². The topological polar surface area (TPSA) is 50.7 Å². The molecule has 0 atom stereocenters. The van der Waals surface area contributed by atoms with Gasteiger partial charge in [0.05, 0.1) is 0 Å². The lowest BCUT2D eigenvalue weighted by atomic mass is 10.0. The zero-order valence-corrected chi connectivity index (χ0v) is 14.1. The monoisotopic (exact) mass is 322 g/mol. The van der Waals surface area contributed by atoms with E-state index in [2.05, 4.69) is 36.5 Å². The average Bonchev–Trinajstić information content (AvgIpc) is 3.01. The fourth-order valence-corrected chi connectivity index (χ4v) is 2.76. The zero-order chi connectivity index (χ0) is 16.9. The van der Waals surface area contributed by atoms with E-state index in [4.69, 9.17) is 4.74 Å². The van der Waals surface area contributed by atoms with Crippen molar-refractivity contribution in [3.8, 4) is 5.75 Å². The standard InChI is InChI=1S/C20H22N2O2/c1-14(2)15-7-9-19(10-8-15)24-13-20(23)22-21-18-11-16-5-3-4-6-17(16)12-18/h3-10,14H,11-13H2,1-2H3,(H,22,23). The Morgan fingerprint density at radius 1 is 1.08 bits per heavy atom. The van der Waals surface area contributed by atoms with Gasteiger partial charge in [0.25, 0.3) is 5.91 Å². The molecule has 0 radical (unpaired) electrons. The summed E-state index contributed by atoms with van der Waals surface area (Å²) in [6, 6.07) is 16.1. The van der Waals surface area contributed by atoms with E-state index in [0.29, 0.717) is 11.7 Å². The Hall–Kier alpha value is -2.62. The Balaban J connectivity index is 1.47. The number of benzene rings is 2. The van der Waals surface area contributed by atoms with E-state index in [1.807, 2.05) is 36.4 Å². The van der Waals surface area contributed by atoms with Gasteiger partial charge in [0.1, 0.15) is 5.75 Å². The Kier molecular flexibility index (Phi) is 4.94. The number of carbonyl (C=O) groups excluding carboxylic acids is 1. The van der Waals surface area contributed by atoms with Gasteiger partial charge in [-0.05, 0) is 34.7 Å². The Morgan fingerprint density at radius 3 is 2.29 bits per heavy atom. The van der Waals surface area contributed by atoms with Crippen LogP contribution in [0.3, 0.4) is 0 Å². The second kappa shape index (κ2) is 7.30. The van der Waals surface area contributed by atoms with Gasteiger partial charge in [-0.2, -0.15) is 5.10 Å². The Labute approximate surface area is 142 Å². The molecule has 4 nitrogen and oxygen atoms in total. The maximum Gasteiger partial charge on any atom is 0.277 e. The molecule has 1 amide bonds. The van der Waals surface area contributed by atoms with Crippen molar-refractivity contribution in [3.05, 3.63) is 65.2 Å². The second-order valence-electron chi connectivity index (χ2n) is 6.35. The van der Waals surface area contributed by atoms with Crippen molar-refractivity contribution < 1.29 is 9.53 Å². The van der Waals surface area contributed by atoms with Crippen molar-refractivity contribution in [1.82, 2.24) is 5.43 Å². The van der Waals surface area contributed by atoms with Gasteiger partial charge in [-0.3, -0.25) is 4.79 Å². The predicted octanol–water partition coefficient (Wildman–Crippen LogP) is 3.46. The number of rotatable bonds is 5. The lowest BCUT2D eigenvalue weighted by molar-refractivity contribution is -0.123. The van der Waals surface area contributed by atoms with E-state index in [1.165, 1.54) is 16.7 Å². The molecule has 1 aliphatic carbocycles. The number of ether oxygens (including phenoxy) is 1. The number of hydrogen-bond acceptors (Lipinski definition) is 3. The largest absolute Gasteiger partial charge is 0.484 e. The highest BCUT2D eigenvalue weighted by Gasteiger charge is 2.16. The van der Waals surface area contributed by atoms with Gasteiger partial charge in [-0.1, -0.05) is 50.2 Å². The van der Waals surface area contributed by atoms with Gasteiger partial charge in [0.2, 0.25) is 0 Å². The highest BCUT2D eigenvalue weighted by molar-refractivity contribution is 5.93. The summed E-state index contributed by atoms with van der Waals surface area (Å²) in [5, 5.41) is 4.22. The SMILES string of the molecule is CC(C)c1ccc(OCC(=O)NN=C2Cc3ccccc3C2)cc1. The number of nitrogens with one attached hydrogen (secondary N) is 1. The highest BCUT2D eigenvalue weighted by atomic mass is 16.5. The second-order valence-corrected chi connectivity index (χ2v) is 6.35. The first-order valence-electron chi connectivity index (χ1n) is 8.25. The molecule has 0 unspecified atom stereocenters. The molecule has 0 aliphatic heterocycles. The van der Waals surface area contributed by atoms with Crippen LogP contribution in [0.4, 0.5) is 0 Å². The van der Waals surface area contributed by atoms with Gasteiger partial charge in [0, 0.05) is 18.6 Å². The molecule has 124 valence electrons. The summed E-state index contributed by atoms with van der Waals surface area (Å²) in [6.07, 6.45) is 1.60. The molecule has 0 spiro atoms. The molecule has 0 saturated carbocycles. The van der Waals surface area contributed by atoms with Crippen molar-refractivity contribution in [2.45, 2.75) is 32.6 Å². The maximum atomic E-state index is 11.9. The molecule has 24 heavy (non-hydrogen) atoms. The normalized spacial score (nSPS) is 12.9. The lowest BCUT2D eigenvalue weighted by Crippen LogP contribution is -2.26. The fraction of sp³-hybridized carbons (Fsp3) is 0.300. The molecule has 0 heterocycles. The third kappa shape index (κ3) is 4.02. The zero-order valence-electron chi connectivity index (χ0n) is 14.1. The van der Waals surface area contributed by atoms with Gasteiger partial charge < -0.3 is 4.74 Å². The molecular weight excluding hydrogens is 300 g/mol. The third-order valence-corrected chi connectivity index (χ3v) is 4.16. The Bertz CT molecular complexity index is 721. The first kappa shape index (κ1) is 16.2. The van der Waals surface area contributed by atoms with Crippen molar-refractivity contribution in [3.63, 3.8) is 0 Å². The van der Waals surface area contributed by atoms with Crippen LogP contribution in [-0.4, -0.2) is 18.2 Å². The van der Waals surface area contributed by atoms with Crippen LogP contribution in [0.2, 0.25) is 0 Å². The molecule has 4 heteroatoms. The van der Waals surface area contributed by atoms with Crippen molar-refractivity contribution in [2.75, 3.05) is 6.61 Å². The fourth-order valence-electron chi connectivity index (χ4n) is 2.76. The number of carbonyl (C=O) groups is 1. The summed E-state index contributed by atoms with van der Waals surface area (Å²) in [4.78, 5) is 11.9. The van der Waals surface area contributed by atoms with Crippen LogP contribution < -0.4 is 10.2 Å². The van der Waals surface area contributed by atoms with E-state index in [1.54, 1.807) is 0 Å². The van der Waals surface area contributed by atoms with E-state index >= 15 is 0 Å². The van der Waals surface area contributed by atoms with E-state index in [-0.39, 0.29) is 12.5 Å². The predicted molar refractivity (Wildman–Crippen MR) is 95.5 cm³/mol. The summed E-state index contributed by atoms with van der Waals surface area (Å²) >= 11 is 0. The van der Waals surface area contributed by atoms with E-state index < -0.39 is 0 Å².